The number of allylic oxidation sites excluding steroid dienone is 1. The molecule has 1 atom stereocenters. The van der Waals surface area contributed by atoms with Gasteiger partial charge in [0.05, 0.1) is 26.2 Å². The summed E-state index contributed by atoms with van der Waals surface area (Å²) in [6.07, 6.45) is -15.4. The van der Waals surface area contributed by atoms with Gasteiger partial charge in [-0.1, -0.05) is 40.9 Å². The van der Waals surface area contributed by atoms with Crippen LogP contribution < -0.4 is 10.6 Å². The molecule has 0 heterocycles. The summed E-state index contributed by atoms with van der Waals surface area (Å²) in [6, 6.07) is 2.57. The second-order valence-electron chi connectivity index (χ2n) is 8.97. The van der Waals surface area contributed by atoms with Gasteiger partial charge in [0.15, 0.2) is 0 Å². The fourth-order valence-electron chi connectivity index (χ4n) is 3.31. The van der Waals surface area contributed by atoms with E-state index in [0.717, 1.165) is 26.0 Å². The highest BCUT2D eigenvalue weighted by molar-refractivity contribution is 6.48. The van der Waals surface area contributed by atoms with Crippen molar-refractivity contribution in [2.75, 3.05) is 6.54 Å². The number of hydrogen-bond acceptors (Lipinski definition) is 2. The first-order valence-electron chi connectivity index (χ1n) is 10.9. The molecule has 4 nitrogen and oxygen atoms in total. The van der Waals surface area contributed by atoms with Gasteiger partial charge in [0.25, 0.3) is 5.91 Å². The molecule has 17 heteroatoms. The van der Waals surface area contributed by atoms with Gasteiger partial charge in [-0.05, 0) is 49.8 Å². The van der Waals surface area contributed by atoms with E-state index in [1.165, 1.54) is 5.32 Å². The molecule has 0 aliphatic heterocycles. The maximum Gasteiger partial charge on any atom is 0.417 e. The zero-order valence-corrected chi connectivity index (χ0v) is 22.7. The molecule has 1 unspecified atom stereocenters. The largest absolute Gasteiger partial charge is 0.417 e. The third-order valence-electron chi connectivity index (χ3n) is 5.32. The van der Waals surface area contributed by atoms with Crippen molar-refractivity contribution in [3.63, 3.8) is 0 Å². The first-order valence-corrected chi connectivity index (χ1v) is 12.0. The minimum absolute atomic E-state index is 0.0285. The van der Waals surface area contributed by atoms with Crippen LogP contribution in [0.4, 0.5) is 43.9 Å². The molecular weight excluding hydrogens is 645 g/mol. The Balaban J connectivity index is 2.50. The molecule has 2 rings (SSSR count). The second-order valence-corrected chi connectivity index (χ2v) is 10.2. The Morgan fingerprint density at radius 2 is 1.44 bits per heavy atom. The molecule has 0 aliphatic carbocycles. The number of rotatable bonds is 7. The number of halogens is 13. The monoisotopic (exact) mass is 660 g/mol. The summed E-state index contributed by atoms with van der Waals surface area (Å²) in [7, 11) is 0. The summed E-state index contributed by atoms with van der Waals surface area (Å²) in [5, 5.41) is 2.23. The summed E-state index contributed by atoms with van der Waals surface area (Å²) >= 11 is 17.2. The Labute approximate surface area is 240 Å². The summed E-state index contributed by atoms with van der Waals surface area (Å²) in [5.41, 5.74) is -6.81. The highest BCUT2D eigenvalue weighted by atomic mass is 35.5. The van der Waals surface area contributed by atoms with Crippen LogP contribution in [0.25, 0.3) is 5.83 Å². The number of carbonyl (C=O) groups excluding carboxylic acids is 2. The summed E-state index contributed by atoms with van der Waals surface area (Å²) in [6.45, 7) is 0.0347. The van der Waals surface area contributed by atoms with Gasteiger partial charge in [-0.15, -0.1) is 0 Å². The van der Waals surface area contributed by atoms with E-state index >= 15 is 0 Å². The maximum absolute atomic E-state index is 15.0. The second kappa shape index (κ2) is 12.3. The topological polar surface area (TPSA) is 58.2 Å². The molecule has 0 spiro atoms. The van der Waals surface area contributed by atoms with Gasteiger partial charge in [-0.3, -0.25) is 9.59 Å². The van der Waals surface area contributed by atoms with E-state index < -0.39 is 86.5 Å². The quantitative estimate of drug-likeness (QED) is 0.231. The van der Waals surface area contributed by atoms with Crippen molar-refractivity contribution in [1.82, 2.24) is 10.6 Å². The lowest BCUT2D eigenvalue weighted by molar-refractivity contribution is -0.141. The van der Waals surface area contributed by atoms with Crippen LogP contribution in [-0.2, 0) is 11.0 Å². The van der Waals surface area contributed by atoms with E-state index in [-0.39, 0.29) is 17.2 Å². The minimum Gasteiger partial charge on any atom is -0.345 e. The molecular formula is C24H17Cl3F10N2O2. The Morgan fingerprint density at radius 1 is 0.902 bits per heavy atom. The minimum atomic E-state index is -5.35. The van der Waals surface area contributed by atoms with Crippen molar-refractivity contribution >= 4 is 52.4 Å². The molecule has 2 amide bonds. The first-order chi connectivity index (χ1) is 18.4. The first kappa shape index (κ1) is 34.5. The zero-order chi connectivity index (χ0) is 31.7. The molecule has 2 aromatic carbocycles. The molecule has 0 aromatic heterocycles. The maximum atomic E-state index is 15.0. The van der Waals surface area contributed by atoms with Crippen molar-refractivity contribution < 1.29 is 53.5 Å². The Morgan fingerprint density at radius 3 is 1.90 bits per heavy atom. The van der Waals surface area contributed by atoms with Crippen molar-refractivity contribution in [3.8, 4) is 0 Å². The number of nitrogens with one attached hydrogen (secondary N) is 2. The molecule has 41 heavy (non-hydrogen) atoms. The lowest BCUT2D eigenvalue weighted by Crippen LogP contribution is -2.56. The van der Waals surface area contributed by atoms with Crippen molar-refractivity contribution in [2.45, 2.75) is 43.8 Å². The molecule has 2 N–H and O–H groups in total. The average molecular weight is 662 g/mol. The molecule has 0 saturated carbocycles. The molecule has 0 aliphatic rings. The van der Waals surface area contributed by atoms with Gasteiger partial charge in [-0.25, -0.2) is 4.39 Å². The third-order valence-corrected chi connectivity index (χ3v) is 6.52. The van der Waals surface area contributed by atoms with Gasteiger partial charge in [0, 0.05) is 5.56 Å². The Bertz CT molecular complexity index is 1330. The zero-order valence-electron chi connectivity index (χ0n) is 20.5. The van der Waals surface area contributed by atoms with Crippen LogP contribution in [0.5, 0.6) is 0 Å². The standard InChI is InChI=1S/C24H17Cl3F10N2O2/c1-21(2,20(41)38-9-22(29,30)31)39-19(40)12-4-3-10(5-14(12)24(35,36)37)17(28)8-13(23(32,33)34)11-6-15(25)18(27)16(26)7-11/h3-8,13H,9H2,1-2H3,(H,38,41)(H,39,40). The van der Waals surface area contributed by atoms with Crippen molar-refractivity contribution in [3.05, 3.63) is 73.7 Å². The summed E-state index contributed by atoms with van der Waals surface area (Å²) < 4.78 is 135. The smallest absolute Gasteiger partial charge is 0.345 e. The Kier molecular flexibility index (Phi) is 10.3. The van der Waals surface area contributed by atoms with Crippen molar-refractivity contribution in [2.24, 2.45) is 0 Å². The lowest BCUT2D eigenvalue weighted by atomic mass is 9.95. The van der Waals surface area contributed by atoms with Crippen LogP contribution in [0.3, 0.4) is 0 Å². The van der Waals surface area contributed by atoms with Crippen LogP contribution >= 0.6 is 34.8 Å². The van der Waals surface area contributed by atoms with E-state index in [2.05, 4.69) is 0 Å². The van der Waals surface area contributed by atoms with E-state index in [1.54, 1.807) is 0 Å². The predicted molar refractivity (Wildman–Crippen MR) is 131 cm³/mol. The SMILES string of the molecule is CC(C)(NC(=O)c1ccc(C(F)=CC(c2cc(Cl)c(Cl)c(Cl)c2)C(F)(F)F)cc1C(F)(F)F)C(=O)NCC(F)(F)F. The Hall–Kier alpha value is -2.71. The summed E-state index contributed by atoms with van der Waals surface area (Å²) in [5.74, 6) is -7.47. The fourth-order valence-corrected chi connectivity index (χ4v) is 3.92. The fraction of sp³-hybridized carbons (Fsp3) is 0.333. The molecule has 226 valence electrons. The molecule has 0 bridgehead atoms. The summed E-state index contributed by atoms with van der Waals surface area (Å²) in [4.78, 5) is 24.6. The lowest BCUT2D eigenvalue weighted by Gasteiger charge is -2.26. The number of hydrogen-bond donors (Lipinski definition) is 2. The van der Waals surface area contributed by atoms with E-state index in [9.17, 15) is 53.5 Å². The van der Waals surface area contributed by atoms with E-state index in [1.807, 2.05) is 5.32 Å². The van der Waals surface area contributed by atoms with E-state index in [4.69, 9.17) is 34.8 Å². The van der Waals surface area contributed by atoms with Crippen LogP contribution in [0.1, 0.15) is 46.8 Å². The third kappa shape index (κ3) is 9.14. The van der Waals surface area contributed by atoms with Crippen LogP contribution in [0, 0.1) is 0 Å². The predicted octanol–water partition coefficient (Wildman–Crippen LogP) is 8.51. The number of alkyl halides is 9. The van der Waals surface area contributed by atoms with Crippen LogP contribution in [0.2, 0.25) is 15.1 Å². The van der Waals surface area contributed by atoms with Gasteiger partial charge >= 0.3 is 18.5 Å². The van der Waals surface area contributed by atoms with E-state index in [0.29, 0.717) is 12.1 Å². The number of amides is 2. The average Bonchev–Trinajstić information content (AvgIpc) is 2.81. The molecule has 0 saturated heterocycles. The van der Waals surface area contributed by atoms with Gasteiger partial charge < -0.3 is 10.6 Å². The molecule has 0 fully saturated rings. The van der Waals surface area contributed by atoms with Gasteiger partial charge in [0.1, 0.15) is 23.8 Å². The normalized spacial score (nSPS) is 14.1. The molecule has 0 radical (unpaired) electrons. The van der Waals surface area contributed by atoms with Gasteiger partial charge in [-0.2, -0.15) is 39.5 Å². The number of carbonyl (C=O) groups is 2. The van der Waals surface area contributed by atoms with Gasteiger partial charge in [0.2, 0.25) is 5.91 Å². The molecule has 2 aromatic rings. The van der Waals surface area contributed by atoms with Crippen LogP contribution in [-0.4, -0.2) is 36.3 Å². The van der Waals surface area contributed by atoms with Crippen LogP contribution in [0.15, 0.2) is 36.4 Å². The van der Waals surface area contributed by atoms with Crippen molar-refractivity contribution in [1.29, 1.82) is 0 Å². The number of benzene rings is 2. The highest BCUT2D eigenvalue weighted by Crippen LogP contribution is 2.43. The highest BCUT2D eigenvalue weighted by Gasteiger charge is 2.41.